The van der Waals surface area contributed by atoms with Crippen molar-refractivity contribution in [2.75, 3.05) is 54.0 Å². The summed E-state index contributed by atoms with van der Waals surface area (Å²) in [6.45, 7) is 5.04. The Morgan fingerprint density at radius 3 is 2.40 bits per heavy atom. The Bertz CT molecular complexity index is 687. The standard InChI is InChI=1S/C19H25N5O/c25-14-17-7-4-8-24(17)19-13-18(20-15-21-19)23-11-9-22(10-12-23)16-5-2-1-3-6-16/h1-3,5-6,13,15,17,25H,4,7-12,14H2. The summed E-state index contributed by atoms with van der Waals surface area (Å²) in [6, 6.07) is 12.8. The summed E-state index contributed by atoms with van der Waals surface area (Å²) in [5.74, 6) is 1.92. The summed E-state index contributed by atoms with van der Waals surface area (Å²) in [6.07, 6.45) is 3.80. The van der Waals surface area contributed by atoms with Gasteiger partial charge in [0.15, 0.2) is 0 Å². The van der Waals surface area contributed by atoms with Crippen molar-refractivity contribution in [3.63, 3.8) is 0 Å². The molecular formula is C19H25N5O. The van der Waals surface area contributed by atoms with Gasteiger partial charge in [-0.05, 0) is 25.0 Å². The molecular weight excluding hydrogens is 314 g/mol. The number of nitrogens with zero attached hydrogens (tertiary/aromatic N) is 5. The van der Waals surface area contributed by atoms with Gasteiger partial charge in [0.25, 0.3) is 0 Å². The number of benzene rings is 1. The molecule has 1 aromatic carbocycles. The third kappa shape index (κ3) is 3.39. The zero-order valence-electron chi connectivity index (χ0n) is 14.5. The lowest BCUT2D eigenvalue weighted by Gasteiger charge is -2.37. The lowest BCUT2D eigenvalue weighted by Crippen LogP contribution is -2.47. The molecule has 6 nitrogen and oxygen atoms in total. The van der Waals surface area contributed by atoms with Crippen LogP contribution in [0.4, 0.5) is 17.3 Å². The highest BCUT2D eigenvalue weighted by molar-refractivity contribution is 5.53. The second-order valence-corrected chi connectivity index (χ2v) is 6.72. The maximum atomic E-state index is 9.55. The van der Waals surface area contributed by atoms with Crippen LogP contribution in [0.25, 0.3) is 0 Å². The maximum absolute atomic E-state index is 9.55. The van der Waals surface area contributed by atoms with Crippen molar-refractivity contribution in [1.82, 2.24) is 9.97 Å². The van der Waals surface area contributed by atoms with Gasteiger partial charge in [0.05, 0.1) is 12.6 Å². The van der Waals surface area contributed by atoms with Gasteiger partial charge in [0.2, 0.25) is 0 Å². The molecule has 0 saturated carbocycles. The SMILES string of the molecule is OCC1CCCN1c1cc(N2CCN(c3ccccc3)CC2)ncn1. The minimum absolute atomic E-state index is 0.190. The maximum Gasteiger partial charge on any atom is 0.134 e. The summed E-state index contributed by atoms with van der Waals surface area (Å²) in [4.78, 5) is 15.9. The second-order valence-electron chi connectivity index (χ2n) is 6.72. The number of piperazine rings is 1. The molecule has 2 saturated heterocycles. The second kappa shape index (κ2) is 7.27. The van der Waals surface area contributed by atoms with Gasteiger partial charge in [-0.15, -0.1) is 0 Å². The van der Waals surface area contributed by atoms with Crippen LogP contribution in [0.5, 0.6) is 0 Å². The Morgan fingerprint density at radius 1 is 0.920 bits per heavy atom. The first-order valence-electron chi connectivity index (χ1n) is 9.09. The first-order valence-corrected chi connectivity index (χ1v) is 9.09. The van der Waals surface area contributed by atoms with Gasteiger partial charge in [0.1, 0.15) is 18.0 Å². The number of rotatable bonds is 4. The van der Waals surface area contributed by atoms with Gasteiger partial charge >= 0.3 is 0 Å². The molecule has 1 aromatic heterocycles. The molecule has 0 radical (unpaired) electrons. The van der Waals surface area contributed by atoms with Crippen molar-refractivity contribution in [3.8, 4) is 0 Å². The molecule has 0 bridgehead atoms. The number of aliphatic hydroxyl groups is 1. The normalized spacial score (nSPS) is 21.0. The minimum Gasteiger partial charge on any atom is -0.394 e. The molecule has 2 aromatic rings. The molecule has 6 heteroatoms. The van der Waals surface area contributed by atoms with Crippen LogP contribution in [-0.4, -0.2) is 60.4 Å². The molecule has 0 amide bonds. The summed E-state index contributed by atoms with van der Waals surface area (Å²) >= 11 is 0. The van der Waals surface area contributed by atoms with Gasteiger partial charge in [-0.3, -0.25) is 0 Å². The molecule has 4 rings (SSSR count). The Balaban J connectivity index is 1.44. The van der Waals surface area contributed by atoms with E-state index in [4.69, 9.17) is 0 Å². The zero-order valence-corrected chi connectivity index (χ0v) is 14.5. The van der Waals surface area contributed by atoms with Crippen molar-refractivity contribution in [1.29, 1.82) is 0 Å². The number of anilines is 3. The van der Waals surface area contributed by atoms with Crippen molar-refractivity contribution in [2.24, 2.45) is 0 Å². The fraction of sp³-hybridized carbons (Fsp3) is 0.474. The number of hydrogen-bond donors (Lipinski definition) is 1. The van der Waals surface area contributed by atoms with Crippen LogP contribution in [0.15, 0.2) is 42.7 Å². The van der Waals surface area contributed by atoms with E-state index in [0.29, 0.717) is 0 Å². The Hall–Kier alpha value is -2.34. The molecule has 2 aliphatic heterocycles. The highest BCUT2D eigenvalue weighted by atomic mass is 16.3. The van der Waals surface area contributed by atoms with E-state index in [1.54, 1.807) is 6.33 Å². The molecule has 1 unspecified atom stereocenters. The molecule has 2 fully saturated rings. The molecule has 0 aliphatic carbocycles. The Kier molecular flexibility index (Phi) is 4.70. The molecule has 0 spiro atoms. The number of aliphatic hydroxyl groups excluding tert-OH is 1. The van der Waals surface area contributed by atoms with Crippen LogP contribution < -0.4 is 14.7 Å². The molecule has 2 aliphatic rings. The third-order valence-electron chi connectivity index (χ3n) is 5.25. The van der Waals surface area contributed by atoms with Crippen LogP contribution in [0, 0.1) is 0 Å². The Labute approximate surface area is 148 Å². The minimum atomic E-state index is 0.190. The summed E-state index contributed by atoms with van der Waals surface area (Å²) in [5.41, 5.74) is 1.29. The van der Waals surface area contributed by atoms with Crippen molar-refractivity contribution in [2.45, 2.75) is 18.9 Å². The first kappa shape index (κ1) is 16.1. The van der Waals surface area contributed by atoms with Crippen LogP contribution in [0.2, 0.25) is 0 Å². The molecule has 1 N–H and O–H groups in total. The van der Waals surface area contributed by atoms with E-state index >= 15 is 0 Å². The van der Waals surface area contributed by atoms with E-state index in [-0.39, 0.29) is 12.6 Å². The topological polar surface area (TPSA) is 55.7 Å². The lowest BCUT2D eigenvalue weighted by atomic mass is 10.2. The average molecular weight is 339 g/mol. The van der Waals surface area contributed by atoms with Crippen molar-refractivity contribution < 1.29 is 5.11 Å². The highest BCUT2D eigenvalue weighted by Gasteiger charge is 2.26. The quantitative estimate of drug-likeness (QED) is 0.916. The van der Waals surface area contributed by atoms with Crippen LogP contribution in [-0.2, 0) is 0 Å². The van der Waals surface area contributed by atoms with Crippen molar-refractivity contribution >= 4 is 17.3 Å². The van der Waals surface area contributed by atoms with Crippen LogP contribution >= 0.6 is 0 Å². The fourth-order valence-corrected chi connectivity index (χ4v) is 3.83. The predicted molar refractivity (Wildman–Crippen MR) is 100 cm³/mol. The fourth-order valence-electron chi connectivity index (χ4n) is 3.83. The Morgan fingerprint density at radius 2 is 1.64 bits per heavy atom. The summed E-state index contributed by atoms with van der Waals surface area (Å²) in [7, 11) is 0. The summed E-state index contributed by atoms with van der Waals surface area (Å²) < 4.78 is 0. The lowest BCUT2D eigenvalue weighted by molar-refractivity contribution is 0.266. The van der Waals surface area contributed by atoms with E-state index in [1.807, 2.05) is 0 Å². The molecule has 3 heterocycles. The van der Waals surface area contributed by atoms with Gasteiger partial charge in [-0.25, -0.2) is 9.97 Å². The van der Waals surface area contributed by atoms with E-state index in [0.717, 1.165) is 57.2 Å². The highest BCUT2D eigenvalue weighted by Crippen LogP contribution is 2.26. The van der Waals surface area contributed by atoms with Gasteiger partial charge in [-0.1, -0.05) is 18.2 Å². The average Bonchev–Trinajstić information content (AvgIpc) is 3.18. The van der Waals surface area contributed by atoms with Gasteiger partial charge < -0.3 is 19.8 Å². The van der Waals surface area contributed by atoms with E-state index in [2.05, 4.69) is 61.1 Å². The number of aromatic nitrogens is 2. The van der Waals surface area contributed by atoms with E-state index in [1.165, 1.54) is 5.69 Å². The van der Waals surface area contributed by atoms with Crippen molar-refractivity contribution in [3.05, 3.63) is 42.7 Å². The predicted octanol–water partition coefficient (Wildman–Crippen LogP) is 1.76. The van der Waals surface area contributed by atoms with Gasteiger partial charge in [-0.2, -0.15) is 0 Å². The zero-order chi connectivity index (χ0) is 17.1. The number of para-hydroxylation sites is 1. The largest absolute Gasteiger partial charge is 0.394 e. The number of hydrogen-bond acceptors (Lipinski definition) is 6. The monoisotopic (exact) mass is 339 g/mol. The van der Waals surface area contributed by atoms with Gasteiger partial charge in [0, 0.05) is 44.5 Å². The summed E-state index contributed by atoms with van der Waals surface area (Å²) in [5, 5.41) is 9.55. The first-order chi connectivity index (χ1) is 12.3. The van der Waals surface area contributed by atoms with E-state index in [9.17, 15) is 5.11 Å². The third-order valence-corrected chi connectivity index (χ3v) is 5.25. The molecule has 132 valence electrons. The molecule has 25 heavy (non-hydrogen) atoms. The smallest absolute Gasteiger partial charge is 0.134 e. The molecule has 1 atom stereocenters. The van der Waals surface area contributed by atoms with Crippen LogP contribution in [0.1, 0.15) is 12.8 Å². The van der Waals surface area contributed by atoms with E-state index < -0.39 is 0 Å². The van der Waals surface area contributed by atoms with Crippen LogP contribution in [0.3, 0.4) is 0 Å².